The van der Waals surface area contributed by atoms with Gasteiger partial charge in [-0.3, -0.25) is 9.47 Å². The number of nitrogens with zero attached hydrogens (tertiary/aromatic N) is 4. The largest absolute Gasteiger partial charge is 0.416 e. The standard InChI is InChI=1S/C23H17F4N5O/c24-17-6-13(5-16(9-17)23(25,26)27)7-21(33)31-4-3-15-8-14(1-2-20(15)31)19-11-32(28)22-18(19)10-29-12-30-22/h1-2,5-6,8-12H,3-4,7,28H2. The van der Waals surface area contributed by atoms with Crippen LogP contribution in [0.1, 0.15) is 16.7 Å². The summed E-state index contributed by atoms with van der Waals surface area (Å²) in [5, 5.41) is 0.789. The van der Waals surface area contributed by atoms with Crippen LogP contribution in [0.3, 0.4) is 0 Å². The number of benzene rings is 2. The predicted octanol–water partition coefficient (Wildman–Crippen LogP) is 4.10. The van der Waals surface area contributed by atoms with Crippen molar-refractivity contribution in [3.05, 3.63) is 77.6 Å². The van der Waals surface area contributed by atoms with Crippen LogP contribution in [0.5, 0.6) is 0 Å². The highest BCUT2D eigenvalue weighted by Gasteiger charge is 2.32. The third kappa shape index (κ3) is 3.77. The van der Waals surface area contributed by atoms with Crippen LogP contribution in [-0.4, -0.2) is 27.1 Å². The summed E-state index contributed by atoms with van der Waals surface area (Å²) in [6.45, 7) is 0.390. The van der Waals surface area contributed by atoms with Gasteiger partial charge in [0.05, 0.1) is 12.0 Å². The molecule has 0 aliphatic carbocycles. The summed E-state index contributed by atoms with van der Waals surface area (Å²) in [4.78, 5) is 22.6. The van der Waals surface area contributed by atoms with Gasteiger partial charge in [-0.15, -0.1) is 0 Å². The number of nitrogen functional groups attached to an aromatic ring is 1. The second-order valence-electron chi connectivity index (χ2n) is 7.87. The maximum Gasteiger partial charge on any atom is 0.416 e. The Kier molecular flexibility index (Phi) is 4.80. The molecule has 6 nitrogen and oxygen atoms in total. The quantitative estimate of drug-likeness (QED) is 0.373. The molecule has 0 saturated carbocycles. The molecular weight excluding hydrogens is 438 g/mol. The normalized spacial score (nSPS) is 13.5. The Labute approximate surface area is 185 Å². The van der Waals surface area contributed by atoms with Crippen molar-refractivity contribution < 1.29 is 22.4 Å². The highest BCUT2D eigenvalue weighted by atomic mass is 19.4. The Hall–Kier alpha value is -3.95. The van der Waals surface area contributed by atoms with E-state index < -0.39 is 23.5 Å². The molecule has 1 aliphatic heterocycles. The highest BCUT2D eigenvalue weighted by molar-refractivity contribution is 5.98. The van der Waals surface area contributed by atoms with Crippen molar-refractivity contribution in [3.63, 3.8) is 0 Å². The molecule has 3 heterocycles. The molecular formula is C23H17F4N5O. The zero-order valence-electron chi connectivity index (χ0n) is 17.1. The van der Waals surface area contributed by atoms with Crippen LogP contribution in [0, 0.1) is 5.82 Å². The molecule has 2 aromatic heterocycles. The van der Waals surface area contributed by atoms with Crippen LogP contribution >= 0.6 is 0 Å². The van der Waals surface area contributed by atoms with Gasteiger partial charge >= 0.3 is 6.18 Å². The minimum Gasteiger partial charge on any atom is -0.338 e. The van der Waals surface area contributed by atoms with Gasteiger partial charge in [0.1, 0.15) is 12.1 Å². The Bertz CT molecular complexity index is 1400. The van der Waals surface area contributed by atoms with Crippen LogP contribution in [0.4, 0.5) is 23.2 Å². The average Bonchev–Trinajstić information content (AvgIpc) is 3.34. The topological polar surface area (TPSA) is 77.0 Å². The van der Waals surface area contributed by atoms with Gasteiger partial charge < -0.3 is 10.7 Å². The zero-order chi connectivity index (χ0) is 23.3. The molecule has 0 unspecified atom stereocenters. The van der Waals surface area contributed by atoms with Crippen molar-refractivity contribution in [3.8, 4) is 11.1 Å². The van der Waals surface area contributed by atoms with Gasteiger partial charge in [0.15, 0.2) is 5.65 Å². The van der Waals surface area contributed by atoms with E-state index in [9.17, 15) is 22.4 Å². The highest BCUT2D eigenvalue weighted by Crippen LogP contribution is 2.36. The molecule has 0 bridgehead atoms. The SMILES string of the molecule is Nn1cc(-c2ccc3c(c2)CCN3C(=O)Cc2cc(F)cc(C(F)(F)F)c2)c2cncnc21. The number of hydrogen-bond acceptors (Lipinski definition) is 4. The smallest absolute Gasteiger partial charge is 0.338 e. The first-order valence-electron chi connectivity index (χ1n) is 10.1. The van der Waals surface area contributed by atoms with Crippen LogP contribution in [-0.2, 0) is 23.8 Å². The molecule has 0 saturated heterocycles. The summed E-state index contributed by atoms with van der Waals surface area (Å²) < 4.78 is 54.1. The van der Waals surface area contributed by atoms with Crippen molar-refractivity contribution >= 4 is 22.6 Å². The van der Waals surface area contributed by atoms with E-state index in [1.54, 1.807) is 18.5 Å². The molecule has 0 atom stereocenters. The van der Waals surface area contributed by atoms with E-state index in [4.69, 9.17) is 5.84 Å². The first-order chi connectivity index (χ1) is 15.7. The van der Waals surface area contributed by atoms with E-state index >= 15 is 0 Å². The van der Waals surface area contributed by atoms with E-state index in [0.717, 1.165) is 34.2 Å². The van der Waals surface area contributed by atoms with E-state index in [-0.39, 0.29) is 12.0 Å². The van der Waals surface area contributed by atoms with Crippen molar-refractivity contribution in [1.29, 1.82) is 0 Å². The first kappa shape index (κ1) is 20.9. The second-order valence-corrected chi connectivity index (χ2v) is 7.87. The van der Waals surface area contributed by atoms with Gasteiger partial charge in [0.2, 0.25) is 5.91 Å². The molecule has 168 valence electrons. The Balaban J connectivity index is 1.42. The van der Waals surface area contributed by atoms with Gasteiger partial charge in [-0.05, 0) is 53.4 Å². The second kappa shape index (κ2) is 7.58. The maximum absolute atomic E-state index is 13.7. The number of carbonyl (C=O) groups is 1. The summed E-state index contributed by atoms with van der Waals surface area (Å²) in [5.74, 6) is 4.56. The van der Waals surface area contributed by atoms with Crippen LogP contribution in [0.15, 0.2) is 55.1 Å². The maximum atomic E-state index is 13.7. The molecule has 2 aromatic carbocycles. The van der Waals surface area contributed by atoms with E-state index in [2.05, 4.69) is 9.97 Å². The fraction of sp³-hybridized carbons (Fsp3) is 0.174. The van der Waals surface area contributed by atoms with Crippen LogP contribution in [0.25, 0.3) is 22.2 Å². The molecule has 5 rings (SSSR count). The molecule has 1 aliphatic rings. The lowest BCUT2D eigenvalue weighted by atomic mass is 10.0. The van der Waals surface area contributed by atoms with Crippen molar-refractivity contribution in [2.24, 2.45) is 0 Å². The number of aromatic nitrogens is 3. The van der Waals surface area contributed by atoms with Crippen molar-refractivity contribution in [2.45, 2.75) is 19.0 Å². The number of rotatable bonds is 3. The Morgan fingerprint density at radius 3 is 2.76 bits per heavy atom. The van der Waals surface area contributed by atoms with E-state index in [1.807, 2.05) is 12.1 Å². The molecule has 1 amide bonds. The first-order valence-corrected chi connectivity index (χ1v) is 10.1. The summed E-state index contributed by atoms with van der Waals surface area (Å²) in [6, 6.07) is 7.78. The number of amides is 1. The molecule has 2 N–H and O–H groups in total. The molecule has 0 fully saturated rings. The van der Waals surface area contributed by atoms with Gasteiger partial charge in [-0.25, -0.2) is 14.4 Å². The molecule has 4 aromatic rings. The lowest BCUT2D eigenvalue weighted by Crippen LogP contribution is -2.30. The fourth-order valence-electron chi connectivity index (χ4n) is 4.23. The number of fused-ring (bicyclic) bond motifs is 2. The number of halogens is 4. The van der Waals surface area contributed by atoms with E-state index in [0.29, 0.717) is 30.4 Å². The van der Waals surface area contributed by atoms with Gasteiger partial charge in [0.25, 0.3) is 0 Å². The minimum atomic E-state index is -4.69. The third-order valence-corrected chi connectivity index (χ3v) is 5.72. The monoisotopic (exact) mass is 455 g/mol. The van der Waals surface area contributed by atoms with Crippen LogP contribution < -0.4 is 10.7 Å². The lowest BCUT2D eigenvalue weighted by molar-refractivity contribution is -0.137. The lowest BCUT2D eigenvalue weighted by Gasteiger charge is -2.18. The van der Waals surface area contributed by atoms with Crippen molar-refractivity contribution in [1.82, 2.24) is 14.6 Å². The molecule has 0 spiro atoms. The summed E-state index contributed by atoms with van der Waals surface area (Å²) in [7, 11) is 0. The summed E-state index contributed by atoms with van der Waals surface area (Å²) in [6.07, 6.45) is 0.412. The van der Waals surface area contributed by atoms with E-state index in [1.165, 1.54) is 15.9 Å². The number of alkyl halides is 3. The Morgan fingerprint density at radius 2 is 1.97 bits per heavy atom. The van der Waals surface area contributed by atoms with Crippen LogP contribution in [0.2, 0.25) is 0 Å². The number of nitrogens with two attached hydrogens (primary N) is 1. The number of anilines is 1. The van der Waals surface area contributed by atoms with Gasteiger partial charge in [-0.2, -0.15) is 13.2 Å². The number of carbonyl (C=O) groups excluding carboxylic acids is 1. The summed E-state index contributed by atoms with van der Waals surface area (Å²) >= 11 is 0. The molecule has 0 radical (unpaired) electrons. The van der Waals surface area contributed by atoms with Gasteiger partial charge in [0, 0.05) is 35.6 Å². The molecule has 33 heavy (non-hydrogen) atoms. The predicted molar refractivity (Wildman–Crippen MR) is 114 cm³/mol. The fourth-order valence-corrected chi connectivity index (χ4v) is 4.23. The van der Waals surface area contributed by atoms with Crippen molar-refractivity contribution in [2.75, 3.05) is 17.3 Å². The average molecular weight is 455 g/mol. The zero-order valence-corrected chi connectivity index (χ0v) is 17.1. The Morgan fingerprint density at radius 1 is 1.15 bits per heavy atom. The number of hydrogen-bond donors (Lipinski definition) is 1. The molecule has 10 heteroatoms. The summed E-state index contributed by atoms with van der Waals surface area (Å²) in [5.41, 5.74) is 2.79. The third-order valence-electron chi connectivity index (χ3n) is 5.72. The minimum absolute atomic E-state index is 0.0202. The van der Waals surface area contributed by atoms with Gasteiger partial charge in [-0.1, -0.05) is 6.07 Å².